The van der Waals surface area contributed by atoms with Gasteiger partial charge in [-0.2, -0.15) is 0 Å². The first-order valence-corrected chi connectivity index (χ1v) is 7.12. The van der Waals surface area contributed by atoms with Gasteiger partial charge in [0, 0.05) is 7.11 Å². The average molecular weight is 265 g/mol. The molecule has 0 saturated heterocycles. The van der Waals surface area contributed by atoms with Crippen molar-refractivity contribution in [2.45, 2.75) is 39.2 Å². The molecule has 3 nitrogen and oxygen atoms in total. The number of benzene rings is 1. The molecule has 1 rings (SSSR count). The zero-order chi connectivity index (χ0) is 14.1. The maximum Gasteiger partial charge on any atom is 0.119 e. The third kappa shape index (κ3) is 6.08. The average Bonchev–Trinajstić information content (AvgIpc) is 2.42. The molecule has 0 amide bonds. The van der Waals surface area contributed by atoms with Crippen molar-refractivity contribution >= 4 is 0 Å². The van der Waals surface area contributed by atoms with Crippen LogP contribution in [0.5, 0.6) is 5.75 Å². The van der Waals surface area contributed by atoms with E-state index >= 15 is 0 Å². The maximum absolute atomic E-state index is 5.81. The van der Waals surface area contributed by atoms with Crippen molar-refractivity contribution in [1.29, 1.82) is 0 Å². The largest absolute Gasteiger partial charge is 0.492 e. The highest BCUT2D eigenvalue weighted by Gasteiger charge is 2.08. The highest BCUT2D eigenvalue weighted by molar-refractivity contribution is 5.28. The molecular weight excluding hydrogens is 238 g/mol. The molecule has 1 atom stereocenters. The Morgan fingerprint density at radius 2 is 1.79 bits per heavy atom. The smallest absolute Gasteiger partial charge is 0.119 e. The first-order chi connectivity index (χ1) is 9.17. The second kappa shape index (κ2) is 8.94. The van der Waals surface area contributed by atoms with E-state index < -0.39 is 0 Å². The summed E-state index contributed by atoms with van der Waals surface area (Å²) >= 11 is 0. The normalized spacial score (nSPS) is 12.7. The van der Waals surface area contributed by atoms with E-state index in [2.05, 4.69) is 38.2 Å². The molecule has 1 unspecified atom stereocenters. The van der Waals surface area contributed by atoms with Crippen molar-refractivity contribution < 1.29 is 9.47 Å². The Balaban J connectivity index is 2.44. The lowest BCUT2D eigenvalue weighted by Crippen LogP contribution is -2.38. The predicted octanol–water partition coefficient (Wildman–Crippen LogP) is 3.20. The maximum atomic E-state index is 5.81. The lowest BCUT2D eigenvalue weighted by molar-refractivity contribution is 0.136. The van der Waals surface area contributed by atoms with E-state index in [0.29, 0.717) is 19.1 Å². The fourth-order valence-corrected chi connectivity index (χ4v) is 1.86. The summed E-state index contributed by atoms with van der Waals surface area (Å²) in [6.45, 7) is 8.84. The molecule has 0 spiro atoms. The Morgan fingerprint density at radius 1 is 1.11 bits per heavy atom. The van der Waals surface area contributed by atoms with Crippen LogP contribution in [0.25, 0.3) is 0 Å². The minimum Gasteiger partial charge on any atom is -0.492 e. The number of ether oxygens (including phenoxy) is 2. The fourth-order valence-electron chi connectivity index (χ4n) is 1.86. The minimum atomic E-state index is 0.245. The molecular formula is C16H27NO2. The number of nitrogens with one attached hydrogen (secondary N) is 1. The molecule has 0 fully saturated rings. The summed E-state index contributed by atoms with van der Waals surface area (Å²) in [6, 6.07) is 8.59. The minimum absolute atomic E-state index is 0.245. The first kappa shape index (κ1) is 16.0. The summed E-state index contributed by atoms with van der Waals surface area (Å²) in [6.07, 6.45) is 1.11. The second-order valence-corrected chi connectivity index (χ2v) is 5.14. The molecule has 108 valence electrons. The van der Waals surface area contributed by atoms with Gasteiger partial charge in [-0.15, -0.1) is 0 Å². The summed E-state index contributed by atoms with van der Waals surface area (Å²) < 4.78 is 11.0. The number of hydrogen-bond acceptors (Lipinski definition) is 3. The highest BCUT2D eigenvalue weighted by atomic mass is 16.5. The van der Waals surface area contributed by atoms with Crippen molar-refractivity contribution in [3.63, 3.8) is 0 Å². The van der Waals surface area contributed by atoms with E-state index in [1.54, 1.807) is 7.11 Å². The standard InChI is InChI=1S/C16H27NO2/c1-5-10-17-15(11-18-4)12-19-16-8-6-14(7-9-16)13(2)3/h6-9,13,15,17H,5,10-12H2,1-4H3. The summed E-state index contributed by atoms with van der Waals surface area (Å²) in [5.74, 6) is 1.48. The van der Waals surface area contributed by atoms with E-state index in [0.717, 1.165) is 18.7 Å². The lowest BCUT2D eigenvalue weighted by atomic mass is 10.0. The van der Waals surface area contributed by atoms with E-state index in [1.165, 1.54) is 5.56 Å². The van der Waals surface area contributed by atoms with Gasteiger partial charge in [-0.1, -0.05) is 32.9 Å². The van der Waals surface area contributed by atoms with E-state index in [9.17, 15) is 0 Å². The summed E-state index contributed by atoms with van der Waals surface area (Å²) in [7, 11) is 1.72. The Morgan fingerprint density at radius 3 is 2.32 bits per heavy atom. The molecule has 1 N–H and O–H groups in total. The third-order valence-electron chi connectivity index (χ3n) is 3.05. The predicted molar refractivity (Wildman–Crippen MR) is 80.0 cm³/mol. The molecule has 0 aliphatic heterocycles. The highest BCUT2D eigenvalue weighted by Crippen LogP contribution is 2.18. The van der Waals surface area contributed by atoms with E-state index in [1.807, 2.05) is 12.1 Å². The Hall–Kier alpha value is -1.06. The van der Waals surface area contributed by atoms with Gasteiger partial charge in [-0.05, 0) is 36.6 Å². The zero-order valence-corrected chi connectivity index (χ0v) is 12.6. The van der Waals surface area contributed by atoms with Crippen molar-refractivity contribution in [3.05, 3.63) is 29.8 Å². The molecule has 0 heterocycles. The number of rotatable bonds is 9. The van der Waals surface area contributed by atoms with Gasteiger partial charge in [0.1, 0.15) is 12.4 Å². The van der Waals surface area contributed by atoms with Gasteiger partial charge in [0.2, 0.25) is 0 Å². The van der Waals surface area contributed by atoms with Gasteiger partial charge in [0.25, 0.3) is 0 Å². The van der Waals surface area contributed by atoms with E-state index in [-0.39, 0.29) is 6.04 Å². The third-order valence-corrected chi connectivity index (χ3v) is 3.05. The molecule has 0 aliphatic carbocycles. The zero-order valence-electron chi connectivity index (χ0n) is 12.6. The molecule has 0 saturated carbocycles. The van der Waals surface area contributed by atoms with Crippen LogP contribution in [0.1, 0.15) is 38.7 Å². The summed E-state index contributed by atoms with van der Waals surface area (Å²) in [5.41, 5.74) is 1.34. The van der Waals surface area contributed by atoms with Crippen LogP contribution in [0.4, 0.5) is 0 Å². The van der Waals surface area contributed by atoms with Gasteiger partial charge in [-0.25, -0.2) is 0 Å². The fraction of sp³-hybridized carbons (Fsp3) is 0.625. The topological polar surface area (TPSA) is 30.5 Å². The SMILES string of the molecule is CCCNC(COC)COc1ccc(C(C)C)cc1. The van der Waals surface area contributed by atoms with Crippen LogP contribution < -0.4 is 10.1 Å². The van der Waals surface area contributed by atoms with Crippen LogP contribution in [0.2, 0.25) is 0 Å². The van der Waals surface area contributed by atoms with Gasteiger partial charge < -0.3 is 14.8 Å². The van der Waals surface area contributed by atoms with Crippen LogP contribution in [0.15, 0.2) is 24.3 Å². The van der Waals surface area contributed by atoms with Gasteiger partial charge >= 0.3 is 0 Å². The number of methoxy groups -OCH3 is 1. The monoisotopic (exact) mass is 265 g/mol. The van der Waals surface area contributed by atoms with Gasteiger partial charge in [0.15, 0.2) is 0 Å². The Kier molecular flexibility index (Phi) is 7.53. The van der Waals surface area contributed by atoms with Gasteiger partial charge in [-0.3, -0.25) is 0 Å². The van der Waals surface area contributed by atoms with Crippen molar-refractivity contribution in [1.82, 2.24) is 5.32 Å². The lowest BCUT2D eigenvalue weighted by Gasteiger charge is -2.18. The van der Waals surface area contributed by atoms with Crippen LogP contribution in [-0.4, -0.2) is 32.9 Å². The molecule has 0 aromatic heterocycles. The summed E-state index contributed by atoms with van der Waals surface area (Å²) in [5, 5.41) is 3.42. The Labute approximate surface area is 117 Å². The molecule has 3 heteroatoms. The first-order valence-electron chi connectivity index (χ1n) is 7.12. The quantitative estimate of drug-likeness (QED) is 0.743. The molecule has 0 bridgehead atoms. The van der Waals surface area contributed by atoms with Crippen molar-refractivity contribution in [2.24, 2.45) is 0 Å². The second-order valence-electron chi connectivity index (χ2n) is 5.14. The molecule has 0 radical (unpaired) electrons. The molecule has 19 heavy (non-hydrogen) atoms. The van der Waals surface area contributed by atoms with Crippen molar-refractivity contribution in [2.75, 3.05) is 26.9 Å². The van der Waals surface area contributed by atoms with Crippen LogP contribution in [0, 0.1) is 0 Å². The molecule has 1 aromatic rings. The van der Waals surface area contributed by atoms with Crippen LogP contribution in [0.3, 0.4) is 0 Å². The molecule has 0 aliphatic rings. The Bertz CT molecular complexity index is 335. The van der Waals surface area contributed by atoms with E-state index in [4.69, 9.17) is 9.47 Å². The van der Waals surface area contributed by atoms with Crippen LogP contribution in [-0.2, 0) is 4.74 Å². The molecule has 1 aromatic carbocycles. The number of hydrogen-bond donors (Lipinski definition) is 1. The van der Waals surface area contributed by atoms with Gasteiger partial charge in [0.05, 0.1) is 12.6 Å². The summed E-state index contributed by atoms with van der Waals surface area (Å²) in [4.78, 5) is 0. The van der Waals surface area contributed by atoms with Crippen molar-refractivity contribution in [3.8, 4) is 5.75 Å². The van der Waals surface area contributed by atoms with Crippen LogP contribution >= 0.6 is 0 Å².